The van der Waals surface area contributed by atoms with Crippen molar-refractivity contribution in [2.75, 3.05) is 26.2 Å². The summed E-state index contributed by atoms with van der Waals surface area (Å²) in [6, 6.07) is 0.575. The van der Waals surface area contributed by atoms with Crippen LogP contribution in [0.3, 0.4) is 0 Å². The number of ether oxygens (including phenoxy) is 1. The molecule has 3 aliphatic rings. The molecule has 0 aromatic rings. The maximum absolute atomic E-state index is 11.5. The van der Waals surface area contributed by atoms with E-state index in [0.717, 1.165) is 37.9 Å². The summed E-state index contributed by atoms with van der Waals surface area (Å²) >= 11 is 0. The van der Waals surface area contributed by atoms with Gasteiger partial charge in [0.25, 0.3) is 0 Å². The number of nitrogens with one attached hydrogen (secondary N) is 1. The largest absolute Gasteiger partial charge is 0.464 e. The molecule has 15 heavy (non-hydrogen) atoms. The first-order valence-corrected chi connectivity index (χ1v) is 5.90. The van der Waals surface area contributed by atoms with Crippen LogP contribution in [0.25, 0.3) is 0 Å². The fourth-order valence-corrected chi connectivity index (χ4v) is 3.40. The predicted octanol–water partition coefficient (Wildman–Crippen LogP) is -0.158. The van der Waals surface area contributed by atoms with Gasteiger partial charge in [-0.15, -0.1) is 0 Å². The Morgan fingerprint density at radius 2 is 2.33 bits per heavy atom. The van der Waals surface area contributed by atoms with Crippen LogP contribution in [0.2, 0.25) is 0 Å². The number of rotatable bonds is 1. The van der Waals surface area contributed by atoms with Gasteiger partial charge in [-0.05, 0) is 31.8 Å². The van der Waals surface area contributed by atoms with Gasteiger partial charge in [0.05, 0.1) is 6.61 Å². The van der Waals surface area contributed by atoms with E-state index < -0.39 is 0 Å². The first-order chi connectivity index (χ1) is 7.27. The molecular formula is C11H18N2O2. The average molecular weight is 210 g/mol. The van der Waals surface area contributed by atoms with Gasteiger partial charge >= 0.3 is 5.97 Å². The molecule has 3 heterocycles. The van der Waals surface area contributed by atoms with Crippen molar-refractivity contribution in [3.8, 4) is 0 Å². The van der Waals surface area contributed by atoms with Gasteiger partial charge in [-0.2, -0.15) is 0 Å². The van der Waals surface area contributed by atoms with Crippen LogP contribution in [0.1, 0.15) is 13.3 Å². The summed E-state index contributed by atoms with van der Waals surface area (Å²) < 4.78 is 5.05. The quantitative estimate of drug-likeness (QED) is 0.611. The highest BCUT2D eigenvalue weighted by atomic mass is 16.5. The molecular weight excluding hydrogens is 192 g/mol. The van der Waals surface area contributed by atoms with Crippen molar-refractivity contribution in [2.45, 2.75) is 25.4 Å². The molecule has 3 fully saturated rings. The Hall–Kier alpha value is -0.610. The zero-order valence-electron chi connectivity index (χ0n) is 9.11. The topological polar surface area (TPSA) is 41.6 Å². The molecule has 1 N–H and O–H groups in total. The van der Waals surface area contributed by atoms with Gasteiger partial charge in [-0.1, -0.05) is 0 Å². The first kappa shape index (κ1) is 9.60. The first-order valence-electron chi connectivity index (χ1n) is 5.90. The average Bonchev–Trinajstić information content (AvgIpc) is 2.85. The fourth-order valence-electron chi connectivity index (χ4n) is 3.40. The van der Waals surface area contributed by atoms with E-state index >= 15 is 0 Å². The predicted molar refractivity (Wildman–Crippen MR) is 55.4 cm³/mol. The monoisotopic (exact) mass is 210 g/mol. The summed E-state index contributed by atoms with van der Waals surface area (Å²) in [4.78, 5) is 13.9. The number of nitrogens with zero attached hydrogens (tertiary/aromatic N) is 1. The van der Waals surface area contributed by atoms with E-state index in [1.807, 2.05) is 0 Å². The van der Waals surface area contributed by atoms with Crippen molar-refractivity contribution in [3.63, 3.8) is 0 Å². The third kappa shape index (κ3) is 1.39. The van der Waals surface area contributed by atoms with Crippen LogP contribution in [0, 0.1) is 11.8 Å². The Morgan fingerprint density at radius 1 is 1.47 bits per heavy atom. The normalized spacial score (nSPS) is 45.8. The number of esters is 1. The number of carbonyl (C=O) groups excluding carboxylic acids is 1. The summed E-state index contributed by atoms with van der Waals surface area (Å²) in [6.07, 6.45) is 0.885. The number of likely N-dealkylation sites (tertiary alicyclic amines) is 1. The standard InChI is InChI=1S/C11H18N2O2/c1-7-9-5-12-4-8(9)6-13(7)10-2-3-15-11(10)14/h7-10,12H,2-6H2,1H3. The van der Waals surface area contributed by atoms with E-state index in [4.69, 9.17) is 4.74 Å². The lowest BCUT2D eigenvalue weighted by Crippen LogP contribution is -2.43. The van der Waals surface area contributed by atoms with E-state index in [9.17, 15) is 4.79 Å². The zero-order valence-corrected chi connectivity index (χ0v) is 9.11. The van der Waals surface area contributed by atoms with Gasteiger partial charge in [0, 0.05) is 19.0 Å². The number of hydrogen-bond acceptors (Lipinski definition) is 4. The summed E-state index contributed by atoms with van der Waals surface area (Å²) in [5, 5.41) is 3.43. The van der Waals surface area contributed by atoms with Gasteiger partial charge in [-0.25, -0.2) is 0 Å². The van der Waals surface area contributed by atoms with E-state index in [-0.39, 0.29) is 12.0 Å². The molecule has 0 bridgehead atoms. The lowest BCUT2D eigenvalue weighted by molar-refractivity contribution is -0.142. The van der Waals surface area contributed by atoms with Crippen molar-refractivity contribution >= 4 is 5.97 Å². The number of carbonyl (C=O) groups is 1. The molecule has 0 aliphatic carbocycles. The highest BCUT2D eigenvalue weighted by Gasteiger charge is 2.47. The van der Waals surface area contributed by atoms with Crippen LogP contribution in [0.4, 0.5) is 0 Å². The molecule has 3 aliphatic heterocycles. The van der Waals surface area contributed by atoms with Crippen LogP contribution in [0.15, 0.2) is 0 Å². The molecule has 0 amide bonds. The van der Waals surface area contributed by atoms with E-state index in [1.54, 1.807) is 0 Å². The molecule has 0 radical (unpaired) electrons. The van der Waals surface area contributed by atoms with Gasteiger partial charge in [0.15, 0.2) is 0 Å². The summed E-state index contributed by atoms with van der Waals surface area (Å²) in [6.45, 7) is 6.17. The number of fused-ring (bicyclic) bond motifs is 1. The SMILES string of the molecule is CC1C2CNCC2CN1C1CCOC1=O. The third-order valence-corrected chi connectivity index (χ3v) is 4.29. The highest BCUT2D eigenvalue weighted by Crippen LogP contribution is 2.35. The van der Waals surface area contributed by atoms with Crippen molar-refractivity contribution in [1.82, 2.24) is 10.2 Å². The maximum atomic E-state index is 11.5. The lowest BCUT2D eigenvalue weighted by atomic mass is 9.95. The lowest BCUT2D eigenvalue weighted by Gasteiger charge is -2.27. The van der Waals surface area contributed by atoms with Crippen molar-refractivity contribution in [2.24, 2.45) is 11.8 Å². The molecule has 4 nitrogen and oxygen atoms in total. The van der Waals surface area contributed by atoms with E-state index in [2.05, 4.69) is 17.1 Å². The van der Waals surface area contributed by atoms with Crippen LogP contribution >= 0.6 is 0 Å². The van der Waals surface area contributed by atoms with Gasteiger partial charge in [0.1, 0.15) is 6.04 Å². The molecule has 0 aromatic carbocycles. The van der Waals surface area contributed by atoms with Crippen LogP contribution < -0.4 is 5.32 Å². The molecule has 4 atom stereocenters. The van der Waals surface area contributed by atoms with Gasteiger partial charge < -0.3 is 10.1 Å². The van der Waals surface area contributed by atoms with E-state index in [0.29, 0.717) is 12.6 Å². The Balaban J connectivity index is 1.75. The van der Waals surface area contributed by atoms with Gasteiger partial charge in [0.2, 0.25) is 0 Å². The Kier molecular flexibility index (Phi) is 2.21. The zero-order chi connectivity index (χ0) is 10.4. The molecule has 3 saturated heterocycles. The summed E-state index contributed by atoms with van der Waals surface area (Å²) in [5.41, 5.74) is 0. The Morgan fingerprint density at radius 3 is 3.00 bits per heavy atom. The molecule has 0 spiro atoms. The molecule has 4 unspecified atom stereocenters. The van der Waals surface area contributed by atoms with Gasteiger partial charge in [-0.3, -0.25) is 9.69 Å². The Labute approximate surface area is 90.0 Å². The third-order valence-electron chi connectivity index (χ3n) is 4.29. The van der Waals surface area contributed by atoms with Crippen LogP contribution in [-0.4, -0.2) is 49.2 Å². The second-order valence-electron chi connectivity index (χ2n) is 4.99. The number of cyclic esters (lactones) is 1. The van der Waals surface area contributed by atoms with E-state index in [1.165, 1.54) is 0 Å². The summed E-state index contributed by atoms with van der Waals surface area (Å²) in [7, 11) is 0. The van der Waals surface area contributed by atoms with Crippen molar-refractivity contribution < 1.29 is 9.53 Å². The summed E-state index contributed by atoms with van der Waals surface area (Å²) in [5.74, 6) is 1.47. The minimum absolute atomic E-state index is 0.00483. The van der Waals surface area contributed by atoms with Crippen molar-refractivity contribution in [1.29, 1.82) is 0 Å². The molecule has 0 aromatic heterocycles. The molecule has 4 heteroatoms. The second-order valence-corrected chi connectivity index (χ2v) is 4.99. The fraction of sp³-hybridized carbons (Fsp3) is 0.909. The van der Waals surface area contributed by atoms with Crippen LogP contribution in [-0.2, 0) is 9.53 Å². The molecule has 84 valence electrons. The highest BCUT2D eigenvalue weighted by molar-refractivity contribution is 5.77. The smallest absolute Gasteiger partial charge is 0.323 e. The number of hydrogen-bond donors (Lipinski definition) is 1. The minimum atomic E-state index is -0.00483. The minimum Gasteiger partial charge on any atom is -0.464 e. The molecule has 0 saturated carbocycles. The van der Waals surface area contributed by atoms with Crippen molar-refractivity contribution in [3.05, 3.63) is 0 Å². The molecule has 3 rings (SSSR count). The second kappa shape index (κ2) is 3.46. The van der Waals surface area contributed by atoms with Crippen LogP contribution in [0.5, 0.6) is 0 Å². The maximum Gasteiger partial charge on any atom is 0.323 e. The Bertz CT molecular complexity index is 282.